The van der Waals surface area contributed by atoms with Gasteiger partial charge in [0.2, 0.25) is 0 Å². The molecule has 5 heteroatoms. The van der Waals surface area contributed by atoms with Crippen LogP contribution in [0, 0.1) is 0 Å². The third-order valence-corrected chi connectivity index (χ3v) is 3.29. The molecule has 1 atom stereocenters. The Hall–Kier alpha value is -0.390. The number of halogens is 1. The van der Waals surface area contributed by atoms with Gasteiger partial charge < -0.3 is 0 Å². The van der Waals surface area contributed by atoms with E-state index in [1.54, 1.807) is 6.92 Å². The third-order valence-electron chi connectivity index (χ3n) is 1.88. The molecule has 1 aromatic rings. The van der Waals surface area contributed by atoms with Crippen molar-refractivity contribution in [3.05, 3.63) is 34.3 Å². The third kappa shape index (κ3) is 3.77. The summed E-state index contributed by atoms with van der Waals surface area (Å²) in [6.45, 7) is 1.76. The quantitative estimate of drug-likeness (QED) is 0.865. The Kier molecular flexibility index (Phi) is 3.69. The molecule has 0 aliphatic heterocycles. The summed E-state index contributed by atoms with van der Waals surface area (Å²) in [6.07, 6.45) is 0. The Morgan fingerprint density at radius 3 is 2.64 bits per heavy atom. The predicted molar refractivity (Wildman–Crippen MR) is 59.0 cm³/mol. The van der Waals surface area contributed by atoms with Crippen LogP contribution < -0.4 is 0 Å². The normalized spacial score (nSPS) is 13.9. The second kappa shape index (κ2) is 4.42. The number of benzene rings is 1. The standard InChI is InChI=1S/C9H11BrO3S/c1-7(6-14(11,12)13)8-3-2-4-9(10)5-8/h2-5,7H,6H2,1H3,(H,11,12,13). The van der Waals surface area contributed by atoms with E-state index in [1.807, 2.05) is 24.3 Å². The fraction of sp³-hybridized carbons (Fsp3) is 0.333. The summed E-state index contributed by atoms with van der Waals surface area (Å²) < 4.78 is 30.9. The molecule has 0 saturated heterocycles. The topological polar surface area (TPSA) is 54.4 Å². The predicted octanol–water partition coefficient (Wildman–Crippen LogP) is 2.44. The van der Waals surface area contributed by atoms with Gasteiger partial charge in [0.05, 0.1) is 5.75 Å². The molecule has 3 nitrogen and oxygen atoms in total. The van der Waals surface area contributed by atoms with Gasteiger partial charge in [0.15, 0.2) is 0 Å². The van der Waals surface area contributed by atoms with Gasteiger partial charge in [0.1, 0.15) is 0 Å². The zero-order valence-electron chi connectivity index (χ0n) is 7.64. The summed E-state index contributed by atoms with van der Waals surface area (Å²) in [6, 6.07) is 7.38. The Labute approximate surface area is 92.0 Å². The average Bonchev–Trinajstić information content (AvgIpc) is 2.01. The maximum absolute atomic E-state index is 10.6. The molecule has 0 aliphatic rings. The zero-order valence-corrected chi connectivity index (χ0v) is 10.0. The second-order valence-electron chi connectivity index (χ2n) is 3.20. The van der Waals surface area contributed by atoms with Crippen LogP contribution in [0.3, 0.4) is 0 Å². The summed E-state index contributed by atoms with van der Waals surface area (Å²) in [4.78, 5) is 0. The highest BCUT2D eigenvalue weighted by Crippen LogP contribution is 2.20. The largest absolute Gasteiger partial charge is 0.286 e. The molecule has 1 aromatic carbocycles. The van der Waals surface area contributed by atoms with Gasteiger partial charge in [-0.15, -0.1) is 0 Å². The Morgan fingerprint density at radius 2 is 2.14 bits per heavy atom. The molecular weight excluding hydrogens is 268 g/mol. The lowest BCUT2D eigenvalue weighted by molar-refractivity contribution is 0.479. The summed E-state index contributed by atoms with van der Waals surface area (Å²) in [5, 5.41) is 0. The summed E-state index contributed by atoms with van der Waals surface area (Å²) >= 11 is 3.30. The van der Waals surface area contributed by atoms with E-state index in [9.17, 15) is 8.42 Å². The maximum atomic E-state index is 10.6. The molecule has 0 fully saturated rings. The van der Waals surface area contributed by atoms with Crippen LogP contribution in [0.5, 0.6) is 0 Å². The van der Waals surface area contributed by atoms with Crippen LogP contribution in [0.15, 0.2) is 28.7 Å². The SMILES string of the molecule is CC(CS(=O)(=O)O)c1cccc(Br)c1. The van der Waals surface area contributed by atoms with Crippen molar-refractivity contribution < 1.29 is 13.0 Å². The molecule has 1 rings (SSSR count). The minimum Gasteiger partial charge on any atom is -0.286 e. The van der Waals surface area contributed by atoms with E-state index in [1.165, 1.54) is 0 Å². The monoisotopic (exact) mass is 278 g/mol. The lowest BCUT2D eigenvalue weighted by atomic mass is 10.0. The Morgan fingerprint density at radius 1 is 1.50 bits per heavy atom. The van der Waals surface area contributed by atoms with E-state index in [-0.39, 0.29) is 11.7 Å². The summed E-state index contributed by atoms with van der Waals surface area (Å²) in [5.74, 6) is -0.453. The average molecular weight is 279 g/mol. The molecule has 0 radical (unpaired) electrons. The van der Waals surface area contributed by atoms with Crippen LogP contribution in [-0.4, -0.2) is 18.7 Å². The number of hydrogen-bond acceptors (Lipinski definition) is 2. The number of rotatable bonds is 3. The van der Waals surface area contributed by atoms with Gasteiger partial charge in [-0.2, -0.15) is 8.42 Å². The minimum absolute atomic E-state index is 0.206. The van der Waals surface area contributed by atoms with Gasteiger partial charge >= 0.3 is 0 Å². The van der Waals surface area contributed by atoms with Gasteiger partial charge in [0.25, 0.3) is 10.1 Å². The van der Waals surface area contributed by atoms with Crippen LogP contribution in [0.4, 0.5) is 0 Å². The van der Waals surface area contributed by atoms with E-state index in [0.717, 1.165) is 10.0 Å². The molecular formula is C9H11BrO3S. The molecule has 14 heavy (non-hydrogen) atoms. The molecule has 0 aromatic heterocycles. The van der Waals surface area contributed by atoms with Crippen molar-refractivity contribution in [2.45, 2.75) is 12.8 Å². The fourth-order valence-electron chi connectivity index (χ4n) is 1.23. The highest BCUT2D eigenvalue weighted by Gasteiger charge is 2.13. The maximum Gasteiger partial charge on any atom is 0.265 e. The highest BCUT2D eigenvalue weighted by molar-refractivity contribution is 9.10. The lowest BCUT2D eigenvalue weighted by Crippen LogP contribution is -2.11. The van der Waals surface area contributed by atoms with Gasteiger partial charge in [-0.25, -0.2) is 0 Å². The van der Waals surface area contributed by atoms with Crippen molar-refractivity contribution >= 4 is 26.0 Å². The van der Waals surface area contributed by atoms with E-state index < -0.39 is 10.1 Å². The molecule has 0 saturated carbocycles. The first-order chi connectivity index (χ1) is 6.38. The van der Waals surface area contributed by atoms with Crippen LogP contribution in [0.2, 0.25) is 0 Å². The van der Waals surface area contributed by atoms with Crippen molar-refractivity contribution in [3.8, 4) is 0 Å². The molecule has 1 N–H and O–H groups in total. The van der Waals surface area contributed by atoms with Crippen LogP contribution in [0.25, 0.3) is 0 Å². The minimum atomic E-state index is -3.90. The smallest absolute Gasteiger partial charge is 0.265 e. The molecule has 0 amide bonds. The van der Waals surface area contributed by atoms with Crippen molar-refractivity contribution in [3.63, 3.8) is 0 Å². The summed E-state index contributed by atoms with van der Waals surface area (Å²) in [7, 11) is -3.90. The van der Waals surface area contributed by atoms with Crippen LogP contribution in [-0.2, 0) is 10.1 Å². The van der Waals surface area contributed by atoms with Gasteiger partial charge in [-0.3, -0.25) is 4.55 Å². The Balaban J connectivity index is 2.85. The number of hydrogen-bond donors (Lipinski definition) is 1. The van der Waals surface area contributed by atoms with Gasteiger partial charge in [-0.05, 0) is 23.6 Å². The summed E-state index contributed by atoms with van der Waals surface area (Å²) in [5.41, 5.74) is 0.886. The van der Waals surface area contributed by atoms with Crippen molar-refractivity contribution in [2.75, 3.05) is 5.75 Å². The molecule has 0 bridgehead atoms. The zero-order chi connectivity index (χ0) is 10.8. The van der Waals surface area contributed by atoms with E-state index in [4.69, 9.17) is 4.55 Å². The second-order valence-corrected chi connectivity index (χ2v) is 5.62. The van der Waals surface area contributed by atoms with Crippen molar-refractivity contribution in [1.82, 2.24) is 0 Å². The fourth-order valence-corrected chi connectivity index (χ4v) is 2.47. The first kappa shape index (κ1) is 11.7. The van der Waals surface area contributed by atoms with Gasteiger partial charge in [-0.1, -0.05) is 35.0 Å². The van der Waals surface area contributed by atoms with Crippen molar-refractivity contribution in [2.24, 2.45) is 0 Å². The highest BCUT2D eigenvalue weighted by atomic mass is 79.9. The molecule has 0 spiro atoms. The lowest BCUT2D eigenvalue weighted by Gasteiger charge is -2.09. The van der Waals surface area contributed by atoms with Crippen LogP contribution in [0.1, 0.15) is 18.4 Å². The first-order valence-corrected chi connectivity index (χ1v) is 6.49. The van der Waals surface area contributed by atoms with Gasteiger partial charge in [0, 0.05) is 4.47 Å². The van der Waals surface area contributed by atoms with E-state index >= 15 is 0 Å². The van der Waals surface area contributed by atoms with E-state index in [0.29, 0.717) is 0 Å². The van der Waals surface area contributed by atoms with E-state index in [2.05, 4.69) is 15.9 Å². The molecule has 0 aliphatic carbocycles. The molecule has 0 heterocycles. The molecule has 78 valence electrons. The molecule has 1 unspecified atom stereocenters. The first-order valence-electron chi connectivity index (χ1n) is 4.09. The van der Waals surface area contributed by atoms with Crippen molar-refractivity contribution in [1.29, 1.82) is 0 Å². The van der Waals surface area contributed by atoms with Crippen LogP contribution >= 0.6 is 15.9 Å². The Bertz CT molecular complexity index is 414.